The van der Waals surface area contributed by atoms with Gasteiger partial charge in [0.1, 0.15) is 11.8 Å². The molecule has 2 aromatic rings. The minimum absolute atomic E-state index is 0.187. The van der Waals surface area contributed by atoms with Gasteiger partial charge in [-0.3, -0.25) is 14.9 Å². The molecule has 0 aliphatic carbocycles. The van der Waals surface area contributed by atoms with Gasteiger partial charge in [0, 0.05) is 31.2 Å². The van der Waals surface area contributed by atoms with Gasteiger partial charge in [-0.25, -0.2) is 4.99 Å². The number of halogens is 1. The molecule has 0 unspecified atom stereocenters. The SMILES string of the molecule is CCOC(=O)[C@@H]1C(=O)NC(N2CCN(c3ccccc3OC)CC2)=N[C@H]1c1cccc(Cl)c1. The lowest BCUT2D eigenvalue weighted by atomic mass is 9.91. The Morgan fingerprint density at radius 2 is 1.85 bits per heavy atom. The number of guanidine groups is 1. The van der Waals surface area contributed by atoms with Crippen molar-refractivity contribution in [2.24, 2.45) is 10.9 Å². The second kappa shape index (κ2) is 10.1. The molecule has 2 heterocycles. The van der Waals surface area contributed by atoms with Crippen molar-refractivity contribution in [3.63, 3.8) is 0 Å². The van der Waals surface area contributed by atoms with Gasteiger partial charge in [0.05, 0.1) is 19.4 Å². The smallest absolute Gasteiger partial charge is 0.321 e. The molecule has 0 radical (unpaired) electrons. The number of ether oxygens (including phenoxy) is 2. The van der Waals surface area contributed by atoms with E-state index in [0.29, 0.717) is 29.6 Å². The monoisotopic (exact) mass is 470 g/mol. The molecule has 0 saturated carbocycles. The summed E-state index contributed by atoms with van der Waals surface area (Å²) < 4.78 is 10.7. The number of carbonyl (C=O) groups is 2. The Kier molecular flexibility index (Phi) is 7.03. The zero-order valence-corrected chi connectivity index (χ0v) is 19.4. The van der Waals surface area contributed by atoms with E-state index in [9.17, 15) is 9.59 Å². The molecule has 33 heavy (non-hydrogen) atoms. The van der Waals surface area contributed by atoms with Crippen molar-refractivity contribution in [3.05, 3.63) is 59.1 Å². The maximum Gasteiger partial charge on any atom is 0.321 e. The molecule has 174 valence electrons. The molecule has 0 spiro atoms. The Labute approximate surface area is 198 Å². The number of aliphatic imine (C=N–C) groups is 1. The number of amides is 1. The van der Waals surface area contributed by atoms with Crippen LogP contribution in [0.3, 0.4) is 0 Å². The maximum atomic E-state index is 13.0. The minimum Gasteiger partial charge on any atom is -0.495 e. The van der Waals surface area contributed by atoms with Gasteiger partial charge in [-0.05, 0) is 36.8 Å². The highest BCUT2D eigenvalue weighted by molar-refractivity contribution is 6.30. The highest BCUT2D eigenvalue weighted by atomic mass is 35.5. The molecule has 1 amide bonds. The fourth-order valence-electron chi connectivity index (χ4n) is 4.21. The normalized spacial score (nSPS) is 20.7. The number of nitrogens with zero attached hydrogens (tertiary/aromatic N) is 3. The highest BCUT2D eigenvalue weighted by Crippen LogP contribution is 2.33. The number of hydrogen-bond donors (Lipinski definition) is 1. The van der Waals surface area contributed by atoms with E-state index >= 15 is 0 Å². The summed E-state index contributed by atoms with van der Waals surface area (Å²) in [5, 5.41) is 3.34. The average molecular weight is 471 g/mol. The molecule has 4 rings (SSSR count). The van der Waals surface area contributed by atoms with Crippen LogP contribution in [0.2, 0.25) is 5.02 Å². The molecular weight excluding hydrogens is 444 g/mol. The van der Waals surface area contributed by atoms with Crippen LogP contribution in [0.15, 0.2) is 53.5 Å². The van der Waals surface area contributed by atoms with Gasteiger partial charge in [-0.2, -0.15) is 0 Å². The fraction of sp³-hybridized carbons (Fsp3) is 0.375. The molecule has 2 aliphatic rings. The molecule has 2 atom stereocenters. The largest absolute Gasteiger partial charge is 0.495 e. The van der Waals surface area contributed by atoms with Crippen molar-refractivity contribution in [2.75, 3.05) is 44.8 Å². The fourth-order valence-corrected chi connectivity index (χ4v) is 4.41. The first-order chi connectivity index (χ1) is 16.0. The van der Waals surface area contributed by atoms with Crippen LogP contribution < -0.4 is 15.0 Å². The Hall–Kier alpha value is -3.26. The summed E-state index contributed by atoms with van der Waals surface area (Å²) in [4.78, 5) is 34.7. The zero-order valence-electron chi connectivity index (χ0n) is 18.7. The van der Waals surface area contributed by atoms with Crippen molar-refractivity contribution in [2.45, 2.75) is 13.0 Å². The highest BCUT2D eigenvalue weighted by Gasteiger charge is 2.42. The van der Waals surface area contributed by atoms with Gasteiger partial charge in [-0.1, -0.05) is 35.9 Å². The van der Waals surface area contributed by atoms with E-state index < -0.39 is 23.8 Å². The third-order valence-electron chi connectivity index (χ3n) is 5.83. The van der Waals surface area contributed by atoms with Crippen LogP contribution in [0, 0.1) is 5.92 Å². The van der Waals surface area contributed by atoms with Crippen LogP contribution in [-0.2, 0) is 14.3 Å². The first-order valence-electron chi connectivity index (χ1n) is 11.0. The summed E-state index contributed by atoms with van der Waals surface area (Å²) in [6, 6.07) is 14.3. The van der Waals surface area contributed by atoms with Crippen LogP contribution in [0.25, 0.3) is 0 Å². The number of methoxy groups -OCH3 is 1. The second-order valence-corrected chi connectivity index (χ2v) is 8.25. The number of nitrogens with one attached hydrogen (secondary N) is 1. The third-order valence-corrected chi connectivity index (χ3v) is 6.07. The Morgan fingerprint density at radius 1 is 1.12 bits per heavy atom. The molecule has 1 fully saturated rings. The standard InChI is InChI=1S/C24H27ClN4O4/c1-3-33-23(31)20-21(16-7-6-8-17(25)15-16)26-24(27-22(20)30)29-13-11-28(12-14-29)18-9-4-5-10-19(18)32-2/h4-10,15,20-21H,3,11-14H2,1-2H3,(H,26,27,30)/t20-,21-/m0/s1. The minimum atomic E-state index is -1.07. The van der Waals surface area contributed by atoms with Crippen molar-refractivity contribution >= 4 is 35.1 Å². The molecule has 2 aliphatic heterocycles. The molecular formula is C24H27ClN4O4. The summed E-state index contributed by atoms with van der Waals surface area (Å²) in [6.07, 6.45) is 0. The molecule has 8 nitrogen and oxygen atoms in total. The zero-order chi connectivity index (χ0) is 23.4. The number of hydrogen-bond acceptors (Lipinski definition) is 7. The predicted molar refractivity (Wildman–Crippen MR) is 127 cm³/mol. The lowest BCUT2D eigenvalue weighted by Crippen LogP contribution is -2.57. The van der Waals surface area contributed by atoms with E-state index in [-0.39, 0.29) is 6.61 Å². The lowest BCUT2D eigenvalue weighted by molar-refractivity contribution is -0.153. The Bertz CT molecular complexity index is 1050. The van der Waals surface area contributed by atoms with Crippen LogP contribution in [0.5, 0.6) is 5.75 Å². The van der Waals surface area contributed by atoms with Crippen molar-refractivity contribution in [1.29, 1.82) is 0 Å². The number of anilines is 1. The van der Waals surface area contributed by atoms with Gasteiger partial charge in [0.15, 0.2) is 5.92 Å². The van der Waals surface area contributed by atoms with E-state index in [1.165, 1.54) is 0 Å². The van der Waals surface area contributed by atoms with E-state index in [0.717, 1.165) is 24.5 Å². The first-order valence-corrected chi connectivity index (χ1v) is 11.3. The summed E-state index contributed by atoms with van der Waals surface area (Å²) in [5.74, 6) is -0.792. The quantitative estimate of drug-likeness (QED) is 0.534. The van der Waals surface area contributed by atoms with Gasteiger partial charge < -0.3 is 19.3 Å². The van der Waals surface area contributed by atoms with Crippen LogP contribution in [0.1, 0.15) is 18.5 Å². The summed E-state index contributed by atoms with van der Waals surface area (Å²) >= 11 is 6.18. The molecule has 9 heteroatoms. The summed E-state index contributed by atoms with van der Waals surface area (Å²) in [5.41, 5.74) is 1.73. The van der Waals surface area contributed by atoms with Crippen molar-refractivity contribution in [1.82, 2.24) is 10.2 Å². The lowest BCUT2D eigenvalue weighted by Gasteiger charge is -2.40. The number of rotatable bonds is 5. The summed E-state index contributed by atoms with van der Waals surface area (Å²) in [7, 11) is 1.66. The van der Waals surface area contributed by atoms with Gasteiger partial charge in [0.2, 0.25) is 11.9 Å². The Morgan fingerprint density at radius 3 is 2.55 bits per heavy atom. The van der Waals surface area contributed by atoms with Gasteiger partial charge in [0.25, 0.3) is 0 Å². The molecule has 1 saturated heterocycles. The predicted octanol–water partition coefficient (Wildman–Crippen LogP) is 2.88. The molecule has 2 aromatic carbocycles. The van der Waals surface area contributed by atoms with Crippen LogP contribution in [0.4, 0.5) is 5.69 Å². The first kappa shape index (κ1) is 22.9. The van der Waals surface area contributed by atoms with Crippen molar-refractivity contribution < 1.29 is 19.1 Å². The van der Waals surface area contributed by atoms with E-state index in [1.807, 2.05) is 35.2 Å². The maximum absolute atomic E-state index is 13.0. The summed E-state index contributed by atoms with van der Waals surface area (Å²) in [6.45, 7) is 4.68. The molecule has 0 aromatic heterocycles. The number of para-hydroxylation sites is 2. The average Bonchev–Trinajstić information content (AvgIpc) is 2.83. The van der Waals surface area contributed by atoms with E-state index in [1.54, 1.807) is 32.2 Å². The van der Waals surface area contributed by atoms with E-state index in [4.69, 9.17) is 26.1 Å². The number of carbonyl (C=O) groups excluding carboxylic acids is 2. The van der Waals surface area contributed by atoms with E-state index in [2.05, 4.69) is 10.2 Å². The number of piperazine rings is 1. The topological polar surface area (TPSA) is 83.5 Å². The van der Waals surface area contributed by atoms with Gasteiger partial charge >= 0.3 is 5.97 Å². The van der Waals surface area contributed by atoms with Crippen molar-refractivity contribution in [3.8, 4) is 5.75 Å². The second-order valence-electron chi connectivity index (χ2n) is 7.82. The number of esters is 1. The Balaban J connectivity index is 1.57. The van der Waals surface area contributed by atoms with Crippen LogP contribution >= 0.6 is 11.6 Å². The van der Waals surface area contributed by atoms with Gasteiger partial charge in [-0.15, -0.1) is 0 Å². The third kappa shape index (κ3) is 4.90. The molecule has 0 bridgehead atoms. The number of benzene rings is 2. The molecule has 1 N–H and O–H groups in total. The van der Waals surface area contributed by atoms with Crippen LogP contribution in [-0.4, -0.2) is 62.6 Å².